The van der Waals surface area contributed by atoms with E-state index in [1.165, 1.54) is 30.0 Å². The lowest BCUT2D eigenvalue weighted by Crippen LogP contribution is -2.49. The number of carbonyl (C=O) groups excluding carboxylic acids is 1. The number of amides is 1. The van der Waals surface area contributed by atoms with Gasteiger partial charge in [-0.2, -0.15) is 5.26 Å². The standard InChI is InChI=1S/C20H18F3N3O/c1-12-3-4-15(19(23)18(12)22)20(27)26-7-5-25(6-8-26)17-9-13(2)14(11-24)10-16(17)21/h3-4,9-10H,5-8H2,1-2H3. The largest absolute Gasteiger partial charge is 0.366 e. The first-order valence-electron chi connectivity index (χ1n) is 8.52. The topological polar surface area (TPSA) is 47.3 Å². The maximum atomic E-state index is 14.3. The van der Waals surface area contributed by atoms with Gasteiger partial charge in [-0.15, -0.1) is 0 Å². The van der Waals surface area contributed by atoms with Crippen LogP contribution in [0.5, 0.6) is 0 Å². The Bertz CT molecular complexity index is 944. The third-order valence-corrected chi connectivity index (χ3v) is 4.83. The summed E-state index contributed by atoms with van der Waals surface area (Å²) in [4.78, 5) is 15.7. The lowest BCUT2D eigenvalue weighted by atomic mass is 10.1. The highest BCUT2D eigenvalue weighted by Crippen LogP contribution is 2.25. The van der Waals surface area contributed by atoms with Crippen LogP contribution in [-0.2, 0) is 0 Å². The van der Waals surface area contributed by atoms with Crippen molar-refractivity contribution < 1.29 is 18.0 Å². The summed E-state index contributed by atoms with van der Waals surface area (Å²) in [5, 5.41) is 8.98. The Kier molecular flexibility index (Phi) is 5.08. The second-order valence-corrected chi connectivity index (χ2v) is 6.57. The molecule has 27 heavy (non-hydrogen) atoms. The molecule has 0 aliphatic carbocycles. The summed E-state index contributed by atoms with van der Waals surface area (Å²) < 4.78 is 42.1. The minimum absolute atomic E-state index is 0.139. The van der Waals surface area contributed by atoms with Crippen LogP contribution in [0.4, 0.5) is 18.9 Å². The first-order chi connectivity index (χ1) is 12.8. The number of rotatable bonds is 2. The molecule has 0 aromatic heterocycles. The van der Waals surface area contributed by atoms with Crippen LogP contribution in [0.15, 0.2) is 24.3 Å². The van der Waals surface area contributed by atoms with Gasteiger partial charge in [0.15, 0.2) is 11.6 Å². The van der Waals surface area contributed by atoms with Crippen molar-refractivity contribution in [2.75, 3.05) is 31.1 Å². The molecule has 0 atom stereocenters. The highest BCUT2D eigenvalue weighted by atomic mass is 19.2. The van der Waals surface area contributed by atoms with E-state index in [1.54, 1.807) is 17.9 Å². The van der Waals surface area contributed by atoms with E-state index in [4.69, 9.17) is 5.26 Å². The molecule has 140 valence electrons. The molecule has 2 aromatic rings. The minimum Gasteiger partial charge on any atom is -0.366 e. The molecule has 1 aliphatic heterocycles. The molecule has 1 amide bonds. The van der Waals surface area contributed by atoms with E-state index in [0.29, 0.717) is 24.3 Å². The van der Waals surface area contributed by atoms with Gasteiger partial charge in [0, 0.05) is 26.2 Å². The average Bonchev–Trinajstić information content (AvgIpc) is 2.67. The van der Waals surface area contributed by atoms with Crippen LogP contribution in [0.1, 0.15) is 27.0 Å². The van der Waals surface area contributed by atoms with Gasteiger partial charge in [-0.25, -0.2) is 13.2 Å². The van der Waals surface area contributed by atoms with Gasteiger partial charge in [0.25, 0.3) is 5.91 Å². The minimum atomic E-state index is -1.14. The van der Waals surface area contributed by atoms with Crippen LogP contribution in [0, 0.1) is 42.6 Å². The molecular weight excluding hydrogens is 355 g/mol. The number of piperazine rings is 1. The van der Waals surface area contributed by atoms with Gasteiger partial charge in [-0.05, 0) is 43.2 Å². The third kappa shape index (κ3) is 3.47. The Balaban J connectivity index is 1.75. The SMILES string of the molecule is Cc1cc(N2CCN(C(=O)c3ccc(C)c(F)c3F)CC2)c(F)cc1C#N. The normalized spacial score (nSPS) is 14.2. The number of benzene rings is 2. The molecule has 0 saturated carbocycles. The molecule has 1 heterocycles. The first-order valence-corrected chi connectivity index (χ1v) is 8.52. The van der Waals surface area contributed by atoms with Crippen molar-refractivity contribution in [3.05, 3.63) is 64.0 Å². The zero-order chi connectivity index (χ0) is 19.7. The number of nitrogens with zero attached hydrogens (tertiary/aromatic N) is 3. The average molecular weight is 373 g/mol. The van der Waals surface area contributed by atoms with E-state index in [9.17, 15) is 18.0 Å². The van der Waals surface area contributed by atoms with Crippen LogP contribution in [-0.4, -0.2) is 37.0 Å². The summed E-state index contributed by atoms with van der Waals surface area (Å²) in [5.74, 6) is -3.24. The Labute approximate surface area is 155 Å². The second-order valence-electron chi connectivity index (χ2n) is 6.57. The number of halogens is 3. The summed E-state index contributed by atoms with van der Waals surface area (Å²) in [6, 6.07) is 7.41. The lowest BCUT2D eigenvalue weighted by Gasteiger charge is -2.36. The molecule has 0 N–H and O–H groups in total. The number of anilines is 1. The highest BCUT2D eigenvalue weighted by Gasteiger charge is 2.27. The van der Waals surface area contributed by atoms with Crippen LogP contribution < -0.4 is 4.90 Å². The Morgan fingerprint density at radius 1 is 1.00 bits per heavy atom. The molecule has 3 rings (SSSR count). The van der Waals surface area contributed by atoms with Gasteiger partial charge >= 0.3 is 0 Å². The maximum absolute atomic E-state index is 14.3. The zero-order valence-electron chi connectivity index (χ0n) is 15.0. The predicted molar refractivity (Wildman–Crippen MR) is 95.1 cm³/mol. The van der Waals surface area contributed by atoms with E-state index >= 15 is 0 Å². The van der Waals surface area contributed by atoms with Crippen molar-refractivity contribution in [2.45, 2.75) is 13.8 Å². The van der Waals surface area contributed by atoms with E-state index in [-0.39, 0.29) is 29.8 Å². The van der Waals surface area contributed by atoms with Crippen molar-refractivity contribution in [3.8, 4) is 6.07 Å². The highest BCUT2D eigenvalue weighted by molar-refractivity contribution is 5.94. The summed E-state index contributed by atoms with van der Waals surface area (Å²) >= 11 is 0. The third-order valence-electron chi connectivity index (χ3n) is 4.83. The molecule has 7 heteroatoms. The smallest absolute Gasteiger partial charge is 0.257 e. The van der Waals surface area contributed by atoms with Gasteiger partial charge in [0.05, 0.1) is 22.9 Å². The predicted octanol–water partition coefficient (Wildman–Crippen LogP) is 3.55. The van der Waals surface area contributed by atoms with Crippen molar-refractivity contribution in [1.29, 1.82) is 5.26 Å². The van der Waals surface area contributed by atoms with Gasteiger partial charge in [-0.1, -0.05) is 6.07 Å². The Hall–Kier alpha value is -3.01. The van der Waals surface area contributed by atoms with E-state index < -0.39 is 23.4 Å². The zero-order valence-corrected chi connectivity index (χ0v) is 15.0. The summed E-state index contributed by atoms with van der Waals surface area (Å²) in [7, 11) is 0. The fraction of sp³-hybridized carbons (Fsp3) is 0.300. The van der Waals surface area contributed by atoms with Gasteiger partial charge in [0.2, 0.25) is 0 Å². The molecule has 1 aliphatic rings. The number of hydrogen-bond donors (Lipinski definition) is 0. The number of nitriles is 1. The summed E-state index contributed by atoms with van der Waals surface area (Å²) in [6.07, 6.45) is 0. The van der Waals surface area contributed by atoms with Crippen molar-refractivity contribution in [3.63, 3.8) is 0 Å². The molecule has 2 aromatic carbocycles. The quantitative estimate of drug-likeness (QED) is 0.809. The van der Waals surface area contributed by atoms with Crippen LogP contribution in [0.25, 0.3) is 0 Å². The lowest BCUT2D eigenvalue weighted by molar-refractivity contribution is 0.0740. The van der Waals surface area contributed by atoms with Gasteiger partial charge < -0.3 is 9.80 Å². The molecule has 0 radical (unpaired) electrons. The molecule has 4 nitrogen and oxygen atoms in total. The van der Waals surface area contributed by atoms with Crippen molar-refractivity contribution >= 4 is 11.6 Å². The van der Waals surface area contributed by atoms with Crippen LogP contribution >= 0.6 is 0 Å². The van der Waals surface area contributed by atoms with E-state index in [1.807, 2.05) is 6.07 Å². The first kappa shape index (κ1) is 18.8. The molecule has 1 fully saturated rings. The summed E-state index contributed by atoms with van der Waals surface area (Å²) in [5.41, 5.74) is 1.16. The monoisotopic (exact) mass is 373 g/mol. The van der Waals surface area contributed by atoms with Gasteiger partial charge in [-0.3, -0.25) is 4.79 Å². The van der Waals surface area contributed by atoms with Crippen molar-refractivity contribution in [1.82, 2.24) is 4.90 Å². The Morgan fingerprint density at radius 3 is 2.30 bits per heavy atom. The maximum Gasteiger partial charge on any atom is 0.257 e. The van der Waals surface area contributed by atoms with E-state index in [0.717, 1.165) is 0 Å². The Morgan fingerprint density at radius 2 is 1.67 bits per heavy atom. The van der Waals surface area contributed by atoms with Gasteiger partial charge in [0.1, 0.15) is 5.82 Å². The molecule has 0 bridgehead atoms. The van der Waals surface area contributed by atoms with Crippen molar-refractivity contribution in [2.24, 2.45) is 0 Å². The number of hydrogen-bond acceptors (Lipinski definition) is 3. The number of aryl methyl sites for hydroxylation is 2. The molecule has 0 spiro atoms. The molecular formula is C20H18F3N3O. The van der Waals surface area contributed by atoms with Crippen LogP contribution in [0.2, 0.25) is 0 Å². The summed E-state index contributed by atoms with van der Waals surface area (Å²) in [6.45, 7) is 4.38. The molecule has 0 unspecified atom stereocenters. The van der Waals surface area contributed by atoms with Crippen LogP contribution in [0.3, 0.4) is 0 Å². The fourth-order valence-electron chi connectivity index (χ4n) is 3.16. The van der Waals surface area contributed by atoms with E-state index in [2.05, 4.69) is 0 Å². The fourth-order valence-corrected chi connectivity index (χ4v) is 3.16. The molecule has 1 saturated heterocycles. The number of carbonyl (C=O) groups is 1. The second kappa shape index (κ2) is 7.31.